The number of rotatable bonds is 2. The Morgan fingerprint density at radius 2 is 2.23 bits per heavy atom. The lowest BCUT2D eigenvalue weighted by molar-refractivity contribution is 0.0337. The molecule has 0 aromatic carbocycles. The van der Waals surface area contributed by atoms with Crippen LogP contribution in [0.5, 0.6) is 0 Å². The maximum absolute atomic E-state index is 11.3. The maximum atomic E-state index is 11.3. The molecule has 2 unspecified atom stereocenters. The molecule has 0 aliphatic carbocycles. The van der Waals surface area contributed by atoms with Crippen molar-refractivity contribution in [2.75, 3.05) is 18.1 Å². The van der Waals surface area contributed by atoms with Crippen LogP contribution < -0.4 is 0 Å². The summed E-state index contributed by atoms with van der Waals surface area (Å²) in [5.41, 5.74) is -1.02. The van der Waals surface area contributed by atoms with Gasteiger partial charge in [0.1, 0.15) is 0 Å². The summed E-state index contributed by atoms with van der Waals surface area (Å²) in [5, 5.41) is 9.96. The average Bonchev–Trinajstić information content (AvgIpc) is 2.67. The van der Waals surface area contributed by atoms with E-state index in [4.69, 9.17) is 4.74 Å². The van der Waals surface area contributed by atoms with Crippen LogP contribution in [0.15, 0.2) is 0 Å². The van der Waals surface area contributed by atoms with Crippen molar-refractivity contribution in [3.05, 3.63) is 0 Å². The van der Waals surface area contributed by atoms with Gasteiger partial charge in [-0.25, -0.2) is 8.42 Å². The molecule has 2 aliphatic heterocycles. The predicted octanol–water partition coefficient (Wildman–Crippen LogP) is -0.285. The molecular weight excluding hydrogens is 192 g/mol. The number of aliphatic hydroxyl groups is 1. The summed E-state index contributed by atoms with van der Waals surface area (Å²) in [6.45, 7) is 0.669. The zero-order valence-corrected chi connectivity index (χ0v) is 8.22. The monoisotopic (exact) mass is 206 g/mol. The minimum Gasteiger partial charge on any atom is -0.389 e. The molecule has 5 heteroatoms. The van der Waals surface area contributed by atoms with Crippen LogP contribution in [0.4, 0.5) is 0 Å². The topological polar surface area (TPSA) is 66.9 Å². The minimum absolute atomic E-state index is 0.0835. The van der Waals surface area contributed by atoms with Gasteiger partial charge in [0.25, 0.3) is 0 Å². The Labute approximate surface area is 77.8 Å². The normalized spacial score (nSPS) is 43.0. The minimum atomic E-state index is -3.01. The van der Waals surface area contributed by atoms with Crippen LogP contribution in [0.1, 0.15) is 19.3 Å². The van der Waals surface area contributed by atoms with Crippen molar-refractivity contribution < 1.29 is 18.3 Å². The van der Waals surface area contributed by atoms with Gasteiger partial charge in [-0.2, -0.15) is 0 Å². The highest BCUT2D eigenvalue weighted by atomic mass is 32.2. The first-order valence-electron chi connectivity index (χ1n) is 4.54. The van der Waals surface area contributed by atoms with Crippen molar-refractivity contribution in [3.63, 3.8) is 0 Å². The molecule has 2 aliphatic rings. The lowest BCUT2D eigenvalue weighted by Gasteiger charge is -2.31. The SMILES string of the molecule is O=S1(=O)CCCC(O)(CC2CO2)C1. The Morgan fingerprint density at radius 1 is 1.54 bits per heavy atom. The van der Waals surface area contributed by atoms with Crippen LogP contribution in [0.25, 0.3) is 0 Å². The van der Waals surface area contributed by atoms with E-state index in [9.17, 15) is 13.5 Å². The molecule has 2 heterocycles. The van der Waals surface area contributed by atoms with Crippen LogP contribution in [-0.2, 0) is 14.6 Å². The van der Waals surface area contributed by atoms with E-state index >= 15 is 0 Å². The molecule has 2 fully saturated rings. The van der Waals surface area contributed by atoms with Gasteiger partial charge >= 0.3 is 0 Å². The van der Waals surface area contributed by atoms with Crippen molar-refractivity contribution in [2.45, 2.75) is 31.0 Å². The smallest absolute Gasteiger partial charge is 0.153 e. The quantitative estimate of drug-likeness (QED) is 0.631. The zero-order chi connectivity index (χ0) is 9.53. The molecule has 0 radical (unpaired) electrons. The Balaban J connectivity index is 2.03. The van der Waals surface area contributed by atoms with Crippen LogP contribution in [0.2, 0.25) is 0 Å². The maximum Gasteiger partial charge on any atom is 0.153 e. The van der Waals surface area contributed by atoms with E-state index in [1.807, 2.05) is 0 Å². The Morgan fingerprint density at radius 3 is 2.77 bits per heavy atom. The average molecular weight is 206 g/mol. The van der Waals surface area contributed by atoms with Gasteiger partial charge in [-0.15, -0.1) is 0 Å². The fraction of sp³-hybridized carbons (Fsp3) is 1.00. The van der Waals surface area contributed by atoms with Crippen molar-refractivity contribution in [1.82, 2.24) is 0 Å². The zero-order valence-electron chi connectivity index (χ0n) is 7.40. The summed E-state index contributed by atoms with van der Waals surface area (Å²) in [6, 6.07) is 0. The third-order valence-corrected chi connectivity index (χ3v) is 4.48. The summed E-state index contributed by atoms with van der Waals surface area (Å²) < 4.78 is 27.5. The largest absolute Gasteiger partial charge is 0.389 e. The van der Waals surface area contributed by atoms with Gasteiger partial charge in [0, 0.05) is 6.42 Å². The first kappa shape index (κ1) is 9.43. The fourth-order valence-corrected chi connectivity index (χ4v) is 3.75. The van der Waals surface area contributed by atoms with Gasteiger partial charge < -0.3 is 9.84 Å². The van der Waals surface area contributed by atoms with E-state index in [0.29, 0.717) is 25.9 Å². The molecule has 2 atom stereocenters. The van der Waals surface area contributed by atoms with E-state index in [1.165, 1.54) is 0 Å². The van der Waals surface area contributed by atoms with Gasteiger partial charge in [0.15, 0.2) is 9.84 Å². The van der Waals surface area contributed by atoms with Crippen LogP contribution in [0.3, 0.4) is 0 Å². The first-order chi connectivity index (χ1) is 5.99. The Kier molecular flexibility index (Phi) is 2.13. The van der Waals surface area contributed by atoms with E-state index in [1.54, 1.807) is 0 Å². The van der Waals surface area contributed by atoms with Crippen LogP contribution >= 0.6 is 0 Å². The first-order valence-corrected chi connectivity index (χ1v) is 6.36. The molecule has 1 N–H and O–H groups in total. The second kappa shape index (κ2) is 2.93. The van der Waals surface area contributed by atoms with Gasteiger partial charge in [-0.1, -0.05) is 0 Å². The molecule has 13 heavy (non-hydrogen) atoms. The third kappa shape index (κ3) is 2.42. The second-order valence-corrected chi connectivity index (χ2v) is 6.26. The van der Waals surface area contributed by atoms with Crippen molar-refractivity contribution in [1.29, 1.82) is 0 Å². The molecule has 0 spiro atoms. The van der Waals surface area contributed by atoms with Gasteiger partial charge in [0.2, 0.25) is 0 Å². The van der Waals surface area contributed by atoms with Crippen molar-refractivity contribution >= 4 is 9.84 Å². The van der Waals surface area contributed by atoms with E-state index < -0.39 is 15.4 Å². The van der Waals surface area contributed by atoms with Gasteiger partial charge in [0.05, 0.1) is 29.8 Å². The second-order valence-electron chi connectivity index (χ2n) is 4.08. The number of hydrogen-bond donors (Lipinski definition) is 1. The number of hydrogen-bond acceptors (Lipinski definition) is 4. The Bertz CT molecular complexity index is 293. The Hall–Kier alpha value is -0.130. The summed E-state index contributed by atoms with van der Waals surface area (Å²) in [4.78, 5) is 0. The van der Waals surface area contributed by atoms with Crippen LogP contribution in [0, 0.1) is 0 Å². The van der Waals surface area contributed by atoms with Gasteiger partial charge in [-0.05, 0) is 12.8 Å². The molecule has 0 amide bonds. The van der Waals surface area contributed by atoms with Crippen molar-refractivity contribution in [3.8, 4) is 0 Å². The standard InChI is InChI=1S/C8H14O4S/c9-8(4-7-5-12-7)2-1-3-13(10,11)6-8/h7,9H,1-6H2. The van der Waals surface area contributed by atoms with Crippen molar-refractivity contribution in [2.24, 2.45) is 0 Å². The fourth-order valence-electron chi connectivity index (χ4n) is 1.95. The highest BCUT2D eigenvalue weighted by Crippen LogP contribution is 2.31. The summed E-state index contributed by atoms with van der Waals surface area (Å²) in [7, 11) is -3.01. The molecule has 0 aromatic rings. The number of sulfone groups is 1. The van der Waals surface area contributed by atoms with E-state index in [-0.39, 0.29) is 17.6 Å². The van der Waals surface area contributed by atoms with Gasteiger partial charge in [-0.3, -0.25) is 0 Å². The molecule has 0 bridgehead atoms. The van der Waals surface area contributed by atoms with Crippen LogP contribution in [-0.4, -0.2) is 43.3 Å². The molecule has 0 saturated carbocycles. The molecule has 2 saturated heterocycles. The summed E-state index contributed by atoms with van der Waals surface area (Å²) in [6.07, 6.45) is 1.74. The number of ether oxygens (including phenoxy) is 1. The predicted molar refractivity (Wildman–Crippen MR) is 47.2 cm³/mol. The summed E-state index contributed by atoms with van der Waals surface area (Å²) in [5.74, 6) is 0.140. The summed E-state index contributed by atoms with van der Waals surface area (Å²) >= 11 is 0. The lowest BCUT2D eigenvalue weighted by Crippen LogP contribution is -2.43. The molecule has 76 valence electrons. The van der Waals surface area contributed by atoms with E-state index in [2.05, 4.69) is 0 Å². The third-order valence-electron chi connectivity index (χ3n) is 2.60. The highest BCUT2D eigenvalue weighted by molar-refractivity contribution is 7.91. The molecular formula is C8H14O4S. The molecule has 0 aromatic heterocycles. The number of epoxide rings is 1. The highest BCUT2D eigenvalue weighted by Gasteiger charge is 2.41. The molecule has 4 nitrogen and oxygen atoms in total. The molecule has 2 rings (SSSR count). The lowest BCUT2D eigenvalue weighted by atomic mass is 9.94. The van der Waals surface area contributed by atoms with E-state index in [0.717, 1.165) is 0 Å².